The second-order valence-corrected chi connectivity index (χ2v) is 7.24. The van der Waals surface area contributed by atoms with Crippen molar-refractivity contribution in [1.82, 2.24) is 5.32 Å². The zero-order valence-electron chi connectivity index (χ0n) is 11.9. The lowest BCUT2D eigenvalue weighted by Crippen LogP contribution is -2.56. The summed E-state index contributed by atoms with van der Waals surface area (Å²) in [4.78, 5) is 0. The third-order valence-electron chi connectivity index (χ3n) is 5.17. The Morgan fingerprint density at radius 3 is 2.59 bits per heavy atom. The van der Waals surface area contributed by atoms with Gasteiger partial charge in [0.25, 0.3) is 0 Å². The molecule has 0 aromatic rings. The van der Waals surface area contributed by atoms with Crippen LogP contribution in [0.2, 0.25) is 0 Å². The van der Waals surface area contributed by atoms with E-state index in [4.69, 9.17) is 0 Å². The quantitative estimate of drug-likeness (QED) is 0.776. The smallest absolute Gasteiger partial charge is 0.0830 e. The van der Waals surface area contributed by atoms with Gasteiger partial charge >= 0.3 is 0 Å². The molecule has 17 heavy (non-hydrogen) atoms. The normalized spacial score (nSPS) is 46.1. The zero-order chi connectivity index (χ0) is 12.7. The molecule has 2 rings (SSSR count). The number of hydrogen-bond acceptors (Lipinski definition) is 2. The molecule has 0 radical (unpaired) electrons. The number of hydrogen-bond donors (Lipinski definition) is 2. The number of aliphatic hydroxyl groups is 1. The molecule has 0 bridgehead atoms. The van der Waals surface area contributed by atoms with E-state index in [2.05, 4.69) is 33.0 Å². The fourth-order valence-corrected chi connectivity index (χ4v) is 4.23. The minimum Gasteiger partial charge on any atom is -0.388 e. The molecule has 100 valence electrons. The Kier molecular flexibility index (Phi) is 3.57. The van der Waals surface area contributed by atoms with E-state index < -0.39 is 5.60 Å². The Hall–Kier alpha value is -0.0800. The van der Waals surface area contributed by atoms with Crippen LogP contribution >= 0.6 is 0 Å². The van der Waals surface area contributed by atoms with Crippen molar-refractivity contribution in [2.75, 3.05) is 6.54 Å². The number of rotatable bonds is 2. The van der Waals surface area contributed by atoms with Crippen molar-refractivity contribution in [3.8, 4) is 0 Å². The van der Waals surface area contributed by atoms with Crippen molar-refractivity contribution in [2.24, 2.45) is 17.3 Å². The van der Waals surface area contributed by atoms with Crippen LogP contribution in [-0.2, 0) is 0 Å². The van der Waals surface area contributed by atoms with Gasteiger partial charge in [0.1, 0.15) is 0 Å². The van der Waals surface area contributed by atoms with Crippen LogP contribution in [0.15, 0.2) is 0 Å². The molecule has 1 saturated heterocycles. The molecule has 2 nitrogen and oxygen atoms in total. The Bertz CT molecular complexity index is 276. The Morgan fingerprint density at radius 1 is 1.35 bits per heavy atom. The second-order valence-electron chi connectivity index (χ2n) is 7.24. The van der Waals surface area contributed by atoms with E-state index in [1.54, 1.807) is 0 Å². The molecule has 0 amide bonds. The van der Waals surface area contributed by atoms with Gasteiger partial charge in [-0.25, -0.2) is 0 Å². The minimum atomic E-state index is -0.475. The van der Waals surface area contributed by atoms with Gasteiger partial charge in [-0.1, -0.05) is 34.1 Å². The predicted molar refractivity (Wildman–Crippen MR) is 71.9 cm³/mol. The number of nitrogens with one attached hydrogen (secondary N) is 1. The van der Waals surface area contributed by atoms with Crippen molar-refractivity contribution in [3.05, 3.63) is 0 Å². The Balaban J connectivity index is 2.10. The summed E-state index contributed by atoms with van der Waals surface area (Å²) in [6.07, 6.45) is 5.80. The largest absolute Gasteiger partial charge is 0.388 e. The molecular weight excluding hydrogens is 210 g/mol. The molecule has 1 aliphatic carbocycles. The van der Waals surface area contributed by atoms with Crippen molar-refractivity contribution in [1.29, 1.82) is 0 Å². The molecule has 2 aliphatic rings. The first-order chi connectivity index (χ1) is 7.87. The SMILES string of the molecule is CCC1CCNC(C2(O)CC(C)(C)CC2C)C1. The third kappa shape index (κ3) is 2.53. The highest BCUT2D eigenvalue weighted by molar-refractivity contribution is 5.06. The molecular formula is C15H29NO. The van der Waals surface area contributed by atoms with E-state index in [9.17, 15) is 5.11 Å². The average Bonchev–Trinajstić information content (AvgIpc) is 2.49. The monoisotopic (exact) mass is 239 g/mol. The molecule has 2 heteroatoms. The van der Waals surface area contributed by atoms with Gasteiger partial charge < -0.3 is 10.4 Å². The van der Waals surface area contributed by atoms with Crippen molar-refractivity contribution in [2.45, 2.75) is 71.4 Å². The van der Waals surface area contributed by atoms with E-state index in [1.165, 1.54) is 12.8 Å². The third-order valence-corrected chi connectivity index (χ3v) is 5.17. The van der Waals surface area contributed by atoms with E-state index in [1.807, 2.05) is 0 Å². The molecule has 2 fully saturated rings. The summed E-state index contributed by atoms with van der Waals surface area (Å²) in [5.41, 5.74) is -0.174. The van der Waals surface area contributed by atoms with Crippen molar-refractivity contribution < 1.29 is 5.11 Å². The molecule has 1 heterocycles. The van der Waals surface area contributed by atoms with Gasteiger partial charge in [0.05, 0.1) is 5.60 Å². The first-order valence-electron chi connectivity index (χ1n) is 7.33. The second kappa shape index (κ2) is 4.55. The molecule has 0 aromatic heterocycles. The lowest BCUT2D eigenvalue weighted by Gasteiger charge is -2.42. The van der Waals surface area contributed by atoms with Crippen molar-refractivity contribution >= 4 is 0 Å². The van der Waals surface area contributed by atoms with E-state index in [0.29, 0.717) is 17.4 Å². The molecule has 1 aliphatic heterocycles. The molecule has 2 N–H and O–H groups in total. The van der Waals surface area contributed by atoms with Crippen LogP contribution < -0.4 is 5.32 Å². The van der Waals surface area contributed by atoms with Gasteiger partial charge in [0.15, 0.2) is 0 Å². The minimum absolute atomic E-state index is 0.301. The van der Waals surface area contributed by atoms with Crippen LogP contribution in [0, 0.1) is 17.3 Å². The maximum absolute atomic E-state index is 11.1. The van der Waals surface area contributed by atoms with Gasteiger partial charge in [-0.05, 0) is 49.5 Å². The first kappa shape index (κ1) is 13.4. The zero-order valence-corrected chi connectivity index (χ0v) is 11.9. The highest BCUT2D eigenvalue weighted by Gasteiger charge is 2.52. The Morgan fingerprint density at radius 2 is 2.06 bits per heavy atom. The van der Waals surface area contributed by atoms with Gasteiger partial charge in [0.2, 0.25) is 0 Å². The first-order valence-corrected chi connectivity index (χ1v) is 7.33. The summed E-state index contributed by atoms with van der Waals surface area (Å²) in [5.74, 6) is 1.23. The van der Waals surface area contributed by atoms with Crippen LogP contribution in [0.3, 0.4) is 0 Å². The highest BCUT2D eigenvalue weighted by atomic mass is 16.3. The highest BCUT2D eigenvalue weighted by Crippen LogP contribution is 2.50. The van der Waals surface area contributed by atoms with Crippen LogP contribution in [-0.4, -0.2) is 23.3 Å². The van der Waals surface area contributed by atoms with Crippen molar-refractivity contribution in [3.63, 3.8) is 0 Å². The molecule has 1 saturated carbocycles. The van der Waals surface area contributed by atoms with Gasteiger partial charge in [-0.3, -0.25) is 0 Å². The fourth-order valence-electron chi connectivity index (χ4n) is 4.23. The summed E-state index contributed by atoms with van der Waals surface area (Å²) in [5, 5.41) is 14.7. The topological polar surface area (TPSA) is 32.3 Å². The van der Waals surface area contributed by atoms with Crippen LogP contribution in [0.4, 0.5) is 0 Å². The Labute approximate surface area is 106 Å². The summed E-state index contributed by atoms with van der Waals surface area (Å²) < 4.78 is 0. The summed E-state index contributed by atoms with van der Waals surface area (Å²) in [6, 6.07) is 0.318. The fraction of sp³-hybridized carbons (Fsp3) is 1.00. The molecule has 4 atom stereocenters. The van der Waals surface area contributed by atoms with Gasteiger partial charge in [-0.15, -0.1) is 0 Å². The summed E-state index contributed by atoms with van der Waals surface area (Å²) in [6.45, 7) is 10.2. The number of piperidine rings is 1. The van der Waals surface area contributed by atoms with Gasteiger partial charge in [-0.2, -0.15) is 0 Å². The lowest BCUT2D eigenvalue weighted by atomic mass is 9.76. The lowest BCUT2D eigenvalue weighted by molar-refractivity contribution is -0.0450. The average molecular weight is 239 g/mol. The van der Waals surface area contributed by atoms with E-state index >= 15 is 0 Å². The maximum atomic E-state index is 11.1. The molecule has 4 unspecified atom stereocenters. The van der Waals surface area contributed by atoms with Crippen LogP contribution in [0.25, 0.3) is 0 Å². The van der Waals surface area contributed by atoms with Crippen LogP contribution in [0.1, 0.15) is 59.8 Å². The standard InChI is InChI=1S/C15H29NO/c1-5-12-6-7-16-13(8-12)15(17)10-14(3,4)9-11(15)2/h11-13,16-17H,5-10H2,1-4H3. The predicted octanol–water partition coefficient (Wildman–Crippen LogP) is 2.95. The maximum Gasteiger partial charge on any atom is 0.0830 e. The molecule has 0 aromatic carbocycles. The van der Waals surface area contributed by atoms with E-state index in [0.717, 1.165) is 31.7 Å². The summed E-state index contributed by atoms with van der Waals surface area (Å²) in [7, 11) is 0. The van der Waals surface area contributed by atoms with Crippen LogP contribution in [0.5, 0.6) is 0 Å². The van der Waals surface area contributed by atoms with E-state index in [-0.39, 0.29) is 0 Å². The van der Waals surface area contributed by atoms with Gasteiger partial charge in [0, 0.05) is 6.04 Å². The summed E-state index contributed by atoms with van der Waals surface area (Å²) >= 11 is 0. The molecule has 0 spiro atoms.